The molecule has 0 saturated carbocycles. The zero-order chi connectivity index (χ0) is 24.8. The topological polar surface area (TPSA) is 85.2 Å². The van der Waals surface area contributed by atoms with Crippen LogP contribution in [0.25, 0.3) is 5.69 Å². The molecule has 0 fully saturated rings. The van der Waals surface area contributed by atoms with Crippen molar-refractivity contribution in [1.82, 2.24) is 14.9 Å². The van der Waals surface area contributed by atoms with Crippen LogP contribution in [0.15, 0.2) is 79.3 Å². The smallest absolute Gasteiger partial charge is 0.319 e. The third kappa shape index (κ3) is 5.95. The zero-order valence-electron chi connectivity index (χ0n) is 20.0. The fraction of sp³-hybridized carbons (Fsp3) is 0.179. The van der Waals surface area contributed by atoms with Crippen LogP contribution in [0, 0.1) is 13.8 Å². The number of anilines is 1. The third-order valence-electron chi connectivity index (χ3n) is 5.69. The second-order valence-corrected chi connectivity index (χ2v) is 8.25. The Labute approximate surface area is 204 Å². The Morgan fingerprint density at radius 1 is 0.943 bits per heavy atom. The average molecular weight is 469 g/mol. The van der Waals surface area contributed by atoms with Gasteiger partial charge in [-0.05, 0) is 73.0 Å². The van der Waals surface area contributed by atoms with Crippen LogP contribution < -0.4 is 15.4 Å². The van der Waals surface area contributed by atoms with Gasteiger partial charge < -0.3 is 19.9 Å². The molecule has 178 valence electrons. The van der Waals surface area contributed by atoms with Crippen LogP contribution in [0.5, 0.6) is 11.5 Å². The number of nitrogens with one attached hydrogen (secondary N) is 2. The Morgan fingerprint density at radius 3 is 2.37 bits per heavy atom. The number of carbonyl (C=O) groups excluding carboxylic acids is 2. The summed E-state index contributed by atoms with van der Waals surface area (Å²) in [5, 5.41) is 5.87. The molecule has 4 rings (SSSR count). The SMILES string of the molecule is CCC(=O)c1cc(Oc2ccc(CNC(=O)Nc3cc(C)c(C)cc3-n3cccc3)cc2)ccn1. The van der Waals surface area contributed by atoms with Crippen LogP contribution in [-0.4, -0.2) is 21.4 Å². The van der Waals surface area contributed by atoms with E-state index in [1.807, 2.05) is 66.3 Å². The first-order valence-corrected chi connectivity index (χ1v) is 11.5. The predicted molar refractivity (Wildman–Crippen MR) is 136 cm³/mol. The molecule has 35 heavy (non-hydrogen) atoms. The van der Waals surface area contributed by atoms with Gasteiger partial charge in [-0.2, -0.15) is 0 Å². The molecule has 0 saturated heterocycles. The number of amides is 2. The highest BCUT2D eigenvalue weighted by Crippen LogP contribution is 2.25. The minimum Gasteiger partial charge on any atom is -0.457 e. The minimum atomic E-state index is -0.285. The lowest BCUT2D eigenvalue weighted by Gasteiger charge is -2.15. The van der Waals surface area contributed by atoms with Crippen molar-refractivity contribution in [1.29, 1.82) is 0 Å². The molecular weight excluding hydrogens is 440 g/mol. The van der Waals surface area contributed by atoms with Gasteiger partial charge in [0.15, 0.2) is 5.78 Å². The summed E-state index contributed by atoms with van der Waals surface area (Å²) in [6.07, 6.45) is 5.85. The second kappa shape index (κ2) is 10.7. The summed E-state index contributed by atoms with van der Waals surface area (Å²) in [7, 11) is 0. The van der Waals surface area contributed by atoms with E-state index in [9.17, 15) is 9.59 Å². The van der Waals surface area contributed by atoms with Crippen molar-refractivity contribution in [2.45, 2.75) is 33.7 Å². The third-order valence-corrected chi connectivity index (χ3v) is 5.69. The summed E-state index contributed by atoms with van der Waals surface area (Å²) in [5.41, 5.74) is 5.22. The Morgan fingerprint density at radius 2 is 1.66 bits per heavy atom. The molecule has 0 atom stereocenters. The number of rotatable bonds is 8. The molecule has 2 aromatic carbocycles. The van der Waals surface area contributed by atoms with Crippen molar-refractivity contribution < 1.29 is 14.3 Å². The first-order valence-electron chi connectivity index (χ1n) is 11.5. The fourth-order valence-electron chi connectivity index (χ4n) is 3.58. The fourth-order valence-corrected chi connectivity index (χ4v) is 3.58. The van der Waals surface area contributed by atoms with Gasteiger partial charge in [0.2, 0.25) is 0 Å². The van der Waals surface area contributed by atoms with Crippen LogP contribution in [0.3, 0.4) is 0 Å². The lowest BCUT2D eigenvalue weighted by atomic mass is 10.1. The molecule has 7 nitrogen and oxygen atoms in total. The quantitative estimate of drug-likeness (QED) is 0.302. The summed E-state index contributed by atoms with van der Waals surface area (Å²) in [5.74, 6) is 1.15. The number of benzene rings is 2. The lowest BCUT2D eigenvalue weighted by molar-refractivity contribution is 0.0983. The monoisotopic (exact) mass is 468 g/mol. The van der Waals surface area contributed by atoms with Gasteiger partial charge in [-0.15, -0.1) is 0 Å². The summed E-state index contributed by atoms with van der Waals surface area (Å²) < 4.78 is 7.83. The van der Waals surface area contributed by atoms with Crippen molar-refractivity contribution in [3.63, 3.8) is 0 Å². The molecule has 2 heterocycles. The number of hydrogen-bond donors (Lipinski definition) is 2. The van der Waals surface area contributed by atoms with E-state index in [2.05, 4.69) is 28.6 Å². The molecule has 0 radical (unpaired) electrons. The van der Waals surface area contributed by atoms with E-state index in [1.54, 1.807) is 25.3 Å². The van der Waals surface area contributed by atoms with Crippen LogP contribution in [0.2, 0.25) is 0 Å². The van der Waals surface area contributed by atoms with Crippen LogP contribution in [0.1, 0.15) is 40.5 Å². The number of carbonyl (C=O) groups is 2. The number of ether oxygens (including phenoxy) is 1. The molecule has 2 amide bonds. The van der Waals surface area contributed by atoms with Gasteiger partial charge >= 0.3 is 6.03 Å². The zero-order valence-corrected chi connectivity index (χ0v) is 20.0. The molecule has 7 heteroatoms. The van der Waals surface area contributed by atoms with E-state index >= 15 is 0 Å². The number of pyridine rings is 1. The molecule has 0 spiro atoms. The maximum absolute atomic E-state index is 12.6. The highest BCUT2D eigenvalue weighted by molar-refractivity contribution is 5.94. The largest absolute Gasteiger partial charge is 0.457 e. The molecule has 0 bridgehead atoms. The number of aromatic nitrogens is 2. The van der Waals surface area contributed by atoms with Gasteiger partial charge in [0, 0.05) is 37.6 Å². The molecule has 0 aliphatic heterocycles. The van der Waals surface area contributed by atoms with Gasteiger partial charge in [0.25, 0.3) is 0 Å². The van der Waals surface area contributed by atoms with Gasteiger partial charge in [-0.25, -0.2) is 4.79 Å². The van der Waals surface area contributed by atoms with E-state index in [-0.39, 0.29) is 11.8 Å². The number of ketones is 1. The number of aryl methyl sites for hydroxylation is 2. The Hall–Kier alpha value is -4.39. The average Bonchev–Trinajstić information content (AvgIpc) is 3.40. The van der Waals surface area contributed by atoms with Crippen molar-refractivity contribution in [3.05, 3.63) is 102 Å². The molecular formula is C28H28N4O3. The standard InChI is InChI=1S/C28H28N4O3/c1-4-27(33)25-17-23(11-12-29-25)35-22-9-7-21(8-10-22)18-30-28(34)31-24-15-19(2)20(3)16-26(24)32-13-5-6-14-32/h5-17H,4,18H2,1-3H3,(H2,30,31,34). The molecule has 2 aromatic heterocycles. The Bertz CT molecular complexity index is 1330. The number of urea groups is 1. The normalized spacial score (nSPS) is 10.6. The van der Waals surface area contributed by atoms with Crippen LogP contribution in [0.4, 0.5) is 10.5 Å². The minimum absolute atomic E-state index is 0.0311. The van der Waals surface area contributed by atoms with E-state index in [4.69, 9.17) is 4.74 Å². The van der Waals surface area contributed by atoms with E-state index in [1.165, 1.54) is 0 Å². The van der Waals surface area contributed by atoms with E-state index in [0.29, 0.717) is 30.2 Å². The summed E-state index contributed by atoms with van der Waals surface area (Å²) in [6.45, 7) is 6.24. The number of nitrogens with zero attached hydrogens (tertiary/aromatic N) is 2. The summed E-state index contributed by atoms with van der Waals surface area (Å²) in [4.78, 5) is 28.6. The van der Waals surface area contributed by atoms with Gasteiger partial charge in [0.05, 0.1) is 11.4 Å². The first-order chi connectivity index (χ1) is 16.9. The first kappa shape index (κ1) is 23.8. The Kier molecular flexibility index (Phi) is 7.26. The summed E-state index contributed by atoms with van der Waals surface area (Å²) in [6, 6.07) is 18.4. The van der Waals surface area contributed by atoms with Crippen molar-refractivity contribution in [3.8, 4) is 17.2 Å². The van der Waals surface area contributed by atoms with Crippen molar-refractivity contribution in [2.24, 2.45) is 0 Å². The maximum Gasteiger partial charge on any atom is 0.319 e. The van der Waals surface area contributed by atoms with Crippen LogP contribution >= 0.6 is 0 Å². The molecule has 0 aliphatic carbocycles. The molecule has 0 aliphatic rings. The highest BCUT2D eigenvalue weighted by atomic mass is 16.5. The molecule has 4 aromatic rings. The van der Waals surface area contributed by atoms with Gasteiger partial charge in [-0.1, -0.05) is 19.1 Å². The van der Waals surface area contributed by atoms with E-state index in [0.717, 1.165) is 28.1 Å². The van der Waals surface area contributed by atoms with Gasteiger partial charge in [0.1, 0.15) is 17.2 Å². The van der Waals surface area contributed by atoms with Crippen LogP contribution in [-0.2, 0) is 6.54 Å². The van der Waals surface area contributed by atoms with Crippen molar-refractivity contribution in [2.75, 3.05) is 5.32 Å². The lowest BCUT2D eigenvalue weighted by Crippen LogP contribution is -2.28. The van der Waals surface area contributed by atoms with Gasteiger partial charge in [-0.3, -0.25) is 9.78 Å². The van der Waals surface area contributed by atoms with E-state index < -0.39 is 0 Å². The number of hydrogen-bond acceptors (Lipinski definition) is 4. The van der Waals surface area contributed by atoms with Crippen molar-refractivity contribution >= 4 is 17.5 Å². The summed E-state index contributed by atoms with van der Waals surface area (Å²) >= 11 is 0. The maximum atomic E-state index is 12.6. The molecule has 0 unspecified atom stereocenters. The Balaban J connectivity index is 1.37. The molecule has 2 N–H and O–H groups in total. The predicted octanol–water partition coefficient (Wildman–Crippen LogP) is 6.20. The number of Topliss-reactive ketones (excluding diaryl/α,β-unsaturated/α-hetero) is 1. The highest BCUT2D eigenvalue weighted by Gasteiger charge is 2.11. The second-order valence-electron chi connectivity index (χ2n) is 8.25.